The highest BCUT2D eigenvalue weighted by Gasteiger charge is 2.33. The quantitative estimate of drug-likeness (QED) is 0.100. The third kappa shape index (κ3) is 11.9. The number of aliphatic hydroxyl groups excluding tert-OH is 1. The highest BCUT2D eigenvalue weighted by atomic mass is 16.6. The molecule has 0 aromatic heterocycles. The second-order valence-corrected chi connectivity index (χ2v) is 11.4. The van der Waals surface area contributed by atoms with E-state index in [1.807, 2.05) is 48.5 Å². The average molecular weight is 673 g/mol. The molecule has 0 spiro atoms. The minimum atomic E-state index is -1.09. The third-order valence-electron chi connectivity index (χ3n) is 7.69. The van der Waals surface area contributed by atoms with Gasteiger partial charge in [0.2, 0.25) is 0 Å². The van der Waals surface area contributed by atoms with E-state index >= 15 is 0 Å². The summed E-state index contributed by atoms with van der Waals surface area (Å²) >= 11 is 0. The zero-order chi connectivity index (χ0) is 35.2. The Kier molecular flexibility index (Phi) is 13.5. The van der Waals surface area contributed by atoms with Crippen LogP contribution in [0.4, 0.5) is 11.4 Å². The van der Waals surface area contributed by atoms with Crippen LogP contribution in [-0.4, -0.2) is 56.4 Å². The lowest BCUT2D eigenvalue weighted by Gasteiger charge is -2.34. The van der Waals surface area contributed by atoms with Gasteiger partial charge >= 0.3 is 11.9 Å². The first-order valence-electron chi connectivity index (χ1n) is 15.5. The molecule has 0 heterocycles. The Morgan fingerprint density at radius 1 is 0.612 bits per heavy atom. The van der Waals surface area contributed by atoms with E-state index < -0.39 is 21.8 Å². The largest absolute Gasteiger partial charge is 0.478 e. The van der Waals surface area contributed by atoms with Gasteiger partial charge in [-0.3, -0.25) is 20.2 Å². The van der Waals surface area contributed by atoms with E-state index in [-0.39, 0.29) is 41.4 Å². The molecule has 4 aromatic carbocycles. The lowest BCUT2D eigenvalue weighted by molar-refractivity contribution is -0.385. The normalized spacial score (nSPS) is 18.9. The molecule has 13 heteroatoms. The second kappa shape index (κ2) is 18.2. The molecule has 256 valence electrons. The summed E-state index contributed by atoms with van der Waals surface area (Å²) in [6.07, 6.45) is 3.03. The first kappa shape index (κ1) is 36.3. The highest BCUT2D eigenvalue weighted by Crippen LogP contribution is 2.28. The van der Waals surface area contributed by atoms with Crippen LogP contribution in [0.5, 0.6) is 0 Å². The number of hydrogen-bond donors (Lipinski definition) is 2. The lowest BCUT2D eigenvalue weighted by atomic mass is 9.92. The van der Waals surface area contributed by atoms with Gasteiger partial charge in [-0.15, -0.1) is 0 Å². The summed E-state index contributed by atoms with van der Waals surface area (Å²) in [4.78, 5) is 41.9. The van der Waals surface area contributed by atoms with Crippen molar-refractivity contribution < 1.29 is 43.9 Å². The topological polar surface area (TPSA) is 189 Å². The molecule has 0 atom stereocenters. The molecule has 6 rings (SSSR count). The maximum absolute atomic E-state index is 12.0. The molecular weight excluding hydrogens is 636 g/mol. The van der Waals surface area contributed by atoms with Crippen molar-refractivity contribution in [3.8, 4) is 0 Å². The van der Waals surface area contributed by atoms with Crippen LogP contribution in [0.15, 0.2) is 109 Å². The number of hydrogen-bond acceptors (Lipinski definition) is 10. The summed E-state index contributed by atoms with van der Waals surface area (Å²) < 4.78 is 16.7. The van der Waals surface area contributed by atoms with Crippen molar-refractivity contribution in [1.82, 2.24) is 0 Å². The molecule has 0 bridgehead atoms. The van der Waals surface area contributed by atoms with Gasteiger partial charge in [-0.05, 0) is 48.2 Å². The number of carbonyl (C=O) groups is 2. The second-order valence-electron chi connectivity index (χ2n) is 11.4. The van der Waals surface area contributed by atoms with Crippen molar-refractivity contribution in [2.75, 3.05) is 0 Å². The summed E-state index contributed by atoms with van der Waals surface area (Å²) in [5.41, 5.74) is 2.51. The number of nitro groups is 2. The minimum Gasteiger partial charge on any atom is -0.478 e. The molecule has 4 aromatic rings. The van der Waals surface area contributed by atoms with Crippen molar-refractivity contribution in [2.45, 2.75) is 63.3 Å². The number of carboxylic acid groups (broad SMARTS) is 1. The number of rotatable bonds is 11. The number of ether oxygens (including phenoxy) is 3. The number of carbonyl (C=O) groups excluding carboxylic acids is 1. The first-order valence-corrected chi connectivity index (χ1v) is 15.5. The van der Waals surface area contributed by atoms with Gasteiger partial charge in [0.1, 0.15) is 6.10 Å². The smallest absolute Gasteiger partial charge is 0.338 e. The van der Waals surface area contributed by atoms with Crippen LogP contribution in [-0.2, 0) is 27.4 Å². The number of benzene rings is 4. The number of carboxylic acids is 1. The van der Waals surface area contributed by atoms with Gasteiger partial charge in [0.15, 0.2) is 0 Å². The summed E-state index contributed by atoms with van der Waals surface area (Å²) in [5, 5.41) is 38.2. The summed E-state index contributed by atoms with van der Waals surface area (Å²) in [7, 11) is 0. The van der Waals surface area contributed by atoms with Crippen LogP contribution in [0.3, 0.4) is 0 Å². The number of nitro benzene ring substituents is 2. The molecule has 2 fully saturated rings. The fourth-order valence-corrected chi connectivity index (χ4v) is 4.66. The Morgan fingerprint density at radius 3 is 1.41 bits per heavy atom. The molecule has 0 unspecified atom stereocenters. The molecule has 49 heavy (non-hydrogen) atoms. The predicted molar refractivity (Wildman–Crippen MR) is 177 cm³/mol. The van der Waals surface area contributed by atoms with Gasteiger partial charge < -0.3 is 24.4 Å². The molecule has 2 saturated carbocycles. The van der Waals surface area contributed by atoms with E-state index in [9.17, 15) is 29.8 Å². The third-order valence-corrected chi connectivity index (χ3v) is 7.69. The minimum absolute atomic E-state index is 0.0422. The first-order chi connectivity index (χ1) is 23.6. The number of aromatic carboxylic acids is 1. The maximum Gasteiger partial charge on any atom is 0.338 e. The van der Waals surface area contributed by atoms with E-state index in [1.165, 1.54) is 42.0 Å². The van der Waals surface area contributed by atoms with Crippen LogP contribution in [0.25, 0.3) is 0 Å². The zero-order valence-electron chi connectivity index (χ0n) is 26.4. The van der Waals surface area contributed by atoms with E-state index in [4.69, 9.17) is 24.4 Å². The Morgan fingerprint density at radius 2 is 1.02 bits per heavy atom. The summed E-state index contributed by atoms with van der Waals surface area (Å²) in [6.45, 7) is 1.22. The molecule has 13 nitrogen and oxygen atoms in total. The van der Waals surface area contributed by atoms with Crippen LogP contribution in [0.2, 0.25) is 0 Å². The number of nitrogens with zero attached hydrogens (tertiary/aromatic N) is 2. The molecular formula is C36H36N2O11. The van der Waals surface area contributed by atoms with E-state index in [0.717, 1.165) is 30.5 Å². The van der Waals surface area contributed by atoms with Crippen LogP contribution in [0, 0.1) is 20.2 Å². The molecule has 2 N–H and O–H groups in total. The van der Waals surface area contributed by atoms with E-state index in [2.05, 4.69) is 12.1 Å². The van der Waals surface area contributed by atoms with Gasteiger partial charge in [-0.25, -0.2) is 9.59 Å². The molecule has 0 saturated heterocycles. The number of non-ortho nitro benzene ring substituents is 2. The highest BCUT2D eigenvalue weighted by molar-refractivity contribution is 5.89. The van der Waals surface area contributed by atoms with Crippen LogP contribution >= 0.6 is 0 Å². The van der Waals surface area contributed by atoms with Crippen LogP contribution < -0.4 is 0 Å². The Balaban J connectivity index is 0.000000182. The fourth-order valence-electron chi connectivity index (χ4n) is 4.66. The molecule has 2 aliphatic rings. The molecule has 2 aliphatic carbocycles. The van der Waals surface area contributed by atoms with Gasteiger partial charge in [0, 0.05) is 37.1 Å². The van der Waals surface area contributed by atoms with Crippen molar-refractivity contribution in [3.63, 3.8) is 0 Å². The lowest BCUT2D eigenvalue weighted by Crippen LogP contribution is -2.38. The summed E-state index contributed by atoms with van der Waals surface area (Å²) in [5.74, 6) is -1.55. The van der Waals surface area contributed by atoms with Gasteiger partial charge in [0.05, 0.1) is 52.5 Å². The van der Waals surface area contributed by atoms with Gasteiger partial charge in [-0.1, -0.05) is 60.7 Å². The molecule has 0 amide bonds. The van der Waals surface area contributed by atoms with Crippen molar-refractivity contribution >= 4 is 23.3 Å². The van der Waals surface area contributed by atoms with Crippen LogP contribution in [0.1, 0.15) is 57.5 Å². The SMILES string of the molecule is O=C(O)c1ccc([N+](=O)[O-])cc1.O=C(OC1CC(OCc2ccccc2)C1)c1ccc([N+](=O)[O-])cc1.OC1CC(OCc2ccccc2)C1. The van der Waals surface area contributed by atoms with Gasteiger partial charge in [0.25, 0.3) is 11.4 Å². The standard InChI is InChI=1S/C18H17NO5.C11H14O2.C7H5NO4/c20-18(14-6-8-15(9-7-14)19(21)22)24-17-10-16(11-17)23-12-13-4-2-1-3-5-13;12-10-6-11(7-10)13-8-9-4-2-1-3-5-9;9-7(10)5-1-3-6(4-2-5)8(11)12/h1-9,16-17H,10-12H2;1-5,10-12H,6-8H2;1-4H,(H,9,10). The Bertz CT molecular complexity index is 1620. The molecule has 0 aliphatic heterocycles. The monoisotopic (exact) mass is 672 g/mol. The van der Waals surface area contributed by atoms with E-state index in [1.54, 1.807) is 0 Å². The average Bonchev–Trinajstić information content (AvgIpc) is 3.08. The van der Waals surface area contributed by atoms with Crippen molar-refractivity contribution in [3.05, 3.63) is 152 Å². The van der Waals surface area contributed by atoms with Gasteiger partial charge in [-0.2, -0.15) is 0 Å². The van der Waals surface area contributed by atoms with E-state index in [0.29, 0.717) is 31.6 Å². The Labute approximate surface area is 282 Å². The number of esters is 1. The Hall–Kier alpha value is -5.50. The predicted octanol–water partition coefficient (Wildman–Crippen LogP) is 6.52. The van der Waals surface area contributed by atoms with Crippen molar-refractivity contribution in [2.24, 2.45) is 0 Å². The van der Waals surface area contributed by atoms with Crippen molar-refractivity contribution in [1.29, 1.82) is 0 Å². The molecule has 0 radical (unpaired) electrons. The fraction of sp³-hybridized carbons (Fsp3) is 0.278. The zero-order valence-corrected chi connectivity index (χ0v) is 26.4. The maximum atomic E-state index is 12.0. The summed E-state index contributed by atoms with van der Waals surface area (Å²) in [6, 6.07) is 30.1. The number of aliphatic hydroxyl groups is 1.